The molecule has 4 aromatic carbocycles. The third kappa shape index (κ3) is 8.07. The highest BCUT2D eigenvalue weighted by molar-refractivity contribution is 5.86. The second-order valence-electron chi connectivity index (χ2n) is 15.7. The van der Waals surface area contributed by atoms with Crippen molar-refractivity contribution in [2.75, 3.05) is 22.5 Å². The number of aromatic nitrogens is 6. The van der Waals surface area contributed by atoms with Gasteiger partial charge in [-0.1, -0.05) is 48.4 Å². The van der Waals surface area contributed by atoms with E-state index in [4.69, 9.17) is 30.8 Å². The molecule has 2 atom stereocenters. The normalized spacial score (nSPS) is 14.0. The summed E-state index contributed by atoms with van der Waals surface area (Å²) in [7, 11) is 0. The Morgan fingerprint density at radius 1 is 0.850 bits per heavy atom. The Morgan fingerprint density at radius 2 is 1.72 bits per heavy atom. The minimum atomic E-state index is -0.0578. The van der Waals surface area contributed by atoms with E-state index in [9.17, 15) is 0 Å². The first-order valence-corrected chi connectivity index (χ1v) is 20.5. The van der Waals surface area contributed by atoms with Gasteiger partial charge in [-0.05, 0) is 128 Å². The maximum Gasteiger partial charge on any atom is 0.135 e. The van der Waals surface area contributed by atoms with E-state index in [1.807, 2.05) is 25.1 Å². The van der Waals surface area contributed by atoms with Crippen LogP contribution >= 0.6 is 0 Å². The molecule has 10 nitrogen and oxygen atoms in total. The van der Waals surface area contributed by atoms with E-state index in [2.05, 4.69) is 132 Å². The fourth-order valence-corrected chi connectivity index (χ4v) is 8.29. The second kappa shape index (κ2) is 16.5. The smallest absolute Gasteiger partial charge is 0.135 e. The number of aromatic amines is 1. The molecule has 1 aliphatic rings. The maximum atomic E-state index is 5.79. The lowest BCUT2D eigenvalue weighted by Crippen LogP contribution is -2.18. The third-order valence-corrected chi connectivity index (χ3v) is 11.5. The molecule has 0 bridgehead atoms. The third-order valence-electron chi connectivity index (χ3n) is 11.5. The molecule has 4 aromatic heterocycles. The van der Waals surface area contributed by atoms with E-state index in [0.717, 1.165) is 104 Å². The van der Waals surface area contributed by atoms with E-state index in [1.54, 1.807) is 12.5 Å². The average molecular weight is 790 g/mol. The van der Waals surface area contributed by atoms with Crippen molar-refractivity contribution in [3.8, 4) is 46.1 Å². The highest BCUT2D eigenvalue weighted by Crippen LogP contribution is 2.35. The van der Waals surface area contributed by atoms with E-state index < -0.39 is 0 Å². The van der Waals surface area contributed by atoms with Crippen molar-refractivity contribution in [3.63, 3.8) is 0 Å². The Morgan fingerprint density at radius 3 is 2.58 bits per heavy atom. The van der Waals surface area contributed by atoms with E-state index in [1.165, 1.54) is 11.1 Å². The van der Waals surface area contributed by atoms with Crippen molar-refractivity contribution in [2.24, 2.45) is 0 Å². The molecule has 0 saturated heterocycles. The summed E-state index contributed by atoms with van der Waals surface area (Å²) in [6.07, 6.45) is 13.1. The number of H-pyrrole nitrogens is 1. The molecule has 0 aliphatic heterocycles. The van der Waals surface area contributed by atoms with Crippen LogP contribution in [0.2, 0.25) is 0 Å². The van der Waals surface area contributed by atoms with Gasteiger partial charge in [-0.15, -0.1) is 6.42 Å². The SMILES string of the molecule is C#CCNc1cc(-c2cc(N[C@@H]3CCCc4ccccc43)nc(C)n2)cc(Cc2nc(N[C@@H](C)c3cccc(-c4ccn[nH]4)c3)cc(-c3ccc4occ(C)c4c3)n2)c1C. The van der Waals surface area contributed by atoms with Crippen LogP contribution in [-0.4, -0.2) is 36.7 Å². The Labute approximate surface area is 350 Å². The summed E-state index contributed by atoms with van der Waals surface area (Å²) in [6.45, 7) is 8.65. The van der Waals surface area contributed by atoms with Crippen molar-refractivity contribution in [1.82, 2.24) is 30.1 Å². The van der Waals surface area contributed by atoms with Crippen molar-refractivity contribution >= 4 is 28.3 Å². The quantitative estimate of drug-likeness (QED) is 0.0894. The number of benzene rings is 4. The van der Waals surface area contributed by atoms with Crippen LogP contribution in [0.25, 0.3) is 44.7 Å². The highest BCUT2D eigenvalue weighted by Gasteiger charge is 2.21. The standard InChI is InChI=1S/C50H47N9O/c1-6-20-51-44-25-39(46-28-50(55-33(5)54-46)56-43-16-10-12-34-11-7-8-15-40(34)43)23-38(31(44)3)26-48-57-45(37-17-18-47-41(24-37)30(2)29-60-47)27-49(58-48)53-32(4)35-13-9-14-36(22-35)42-19-21-52-59-42/h1,7-9,11,13-15,17-19,21-25,27-29,32,43,51H,10,12,16,20,26H2,2-5H3,(H,52,59)(H,53,57,58)(H,54,55,56)/t32-,43+/m0/s1. The fourth-order valence-electron chi connectivity index (χ4n) is 8.29. The summed E-state index contributed by atoms with van der Waals surface area (Å²) in [4.78, 5) is 20.2. The van der Waals surface area contributed by atoms with Crippen LogP contribution in [0, 0.1) is 33.1 Å². The van der Waals surface area contributed by atoms with Crippen LogP contribution < -0.4 is 16.0 Å². The van der Waals surface area contributed by atoms with Crippen molar-refractivity contribution < 1.29 is 4.42 Å². The van der Waals surface area contributed by atoms with Crippen LogP contribution in [0.1, 0.15) is 76.9 Å². The number of rotatable bonds is 12. The fraction of sp³-hybridized carbons (Fsp3) is 0.220. The Hall–Kier alpha value is -7.25. The molecular weight excluding hydrogens is 743 g/mol. The van der Waals surface area contributed by atoms with Crippen LogP contribution in [0.15, 0.2) is 114 Å². The van der Waals surface area contributed by atoms with Crippen molar-refractivity contribution in [1.29, 1.82) is 0 Å². The number of hydrogen-bond donors (Lipinski definition) is 4. The van der Waals surface area contributed by atoms with Gasteiger partial charge in [0.2, 0.25) is 0 Å². The van der Waals surface area contributed by atoms with Gasteiger partial charge in [-0.2, -0.15) is 5.10 Å². The molecule has 0 fully saturated rings. The lowest BCUT2D eigenvalue weighted by atomic mass is 9.88. The molecule has 298 valence electrons. The summed E-state index contributed by atoms with van der Waals surface area (Å²) in [6, 6.07) is 33.9. The van der Waals surface area contributed by atoms with Gasteiger partial charge in [0.25, 0.3) is 0 Å². The van der Waals surface area contributed by atoms with Crippen LogP contribution in [0.3, 0.4) is 0 Å². The van der Waals surface area contributed by atoms with Crippen molar-refractivity contribution in [2.45, 2.75) is 65.5 Å². The number of anilines is 3. The molecule has 0 spiro atoms. The van der Waals surface area contributed by atoms with E-state index in [0.29, 0.717) is 24.6 Å². The molecular formula is C50H47N9O. The van der Waals surface area contributed by atoms with Crippen LogP contribution in [-0.2, 0) is 12.8 Å². The number of nitrogens with zero attached hydrogens (tertiary/aromatic N) is 5. The molecule has 0 unspecified atom stereocenters. The molecule has 1 aliphatic carbocycles. The first kappa shape index (κ1) is 38.3. The lowest BCUT2D eigenvalue weighted by molar-refractivity contribution is 0.598. The number of furan rings is 1. The van der Waals surface area contributed by atoms with Gasteiger partial charge in [-0.25, -0.2) is 19.9 Å². The van der Waals surface area contributed by atoms with Gasteiger partial charge in [0.05, 0.1) is 35.9 Å². The lowest BCUT2D eigenvalue weighted by Gasteiger charge is -2.27. The molecule has 4 heterocycles. The predicted molar refractivity (Wildman–Crippen MR) is 241 cm³/mol. The summed E-state index contributed by atoms with van der Waals surface area (Å²) in [5.74, 6) is 5.65. The molecule has 9 rings (SSSR count). The zero-order valence-electron chi connectivity index (χ0n) is 34.3. The van der Waals surface area contributed by atoms with Crippen molar-refractivity contribution in [3.05, 3.63) is 155 Å². The second-order valence-corrected chi connectivity index (χ2v) is 15.7. The monoisotopic (exact) mass is 789 g/mol. The molecule has 0 amide bonds. The maximum absolute atomic E-state index is 5.79. The molecule has 4 N–H and O–H groups in total. The van der Waals surface area contributed by atoms with Gasteiger partial charge in [0, 0.05) is 53.0 Å². The summed E-state index contributed by atoms with van der Waals surface area (Å²) < 4.78 is 5.79. The molecule has 10 heteroatoms. The Balaban J connectivity index is 1.08. The summed E-state index contributed by atoms with van der Waals surface area (Å²) in [5, 5.41) is 19.2. The zero-order chi connectivity index (χ0) is 41.2. The first-order valence-electron chi connectivity index (χ1n) is 20.5. The minimum absolute atomic E-state index is 0.0578. The van der Waals surface area contributed by atoms with Gasteiger partial charge in [-0.3, -0.25) is 5.10 Å². The van der Waals surface area contributed by atoms with E-state index >= 15 is 0 Å². The number of hydrogen-bond acceptors (Lipinski definition) is 9. The first-order chi connectivity index (χ1) is 29.3. The summed E-state index contributed by atoms with van der Waals surface area (Å²) >= 11 is 0. The molecule has 60 heavy (non-hydrogen) atoms. The molecule has 8 aromatic rings. The highest BCUT2D eigenvalue weighted by atomic mass is 16.3. The number of aryl methyl sites for hydroxylation is 3. The van der Waals surface area contributed by atoms with Gasteiger partial charge in [0.15, 0.2) is 0 Å². The van der Waals surface area contributed by atoms with E-state index in [-0.39, 0.29) is 12.1 Å². The Bertz CT molecular complexity index is 2870. The summed E-state index contributed by atoms with van der Waals surface area (Å²) in [5.41, 5.74) is 14.4. The minimum Gasteiger partial charge on any atom is -0.464 e. The topological polar surface area (TPSA) is 129 Å². The zero-order valence-corrected chi connectivity index (χ0v) is 34.3. The number of fused-ring (bicyclic) bond motifs is 2. The van der Waals surface area contributed by atoms with Gasteiger partial charge < -0.3 is 20.4 Å². The van der Waals surface area contributed by atoms with Gasteiger partial charge in [0.1, 0.15) is 28.9 Å². The number of nitrogens with one attached hydrogen (secondary N) is 4. The number of terminal acetylenes is 1. The van der Waals surface area contributed by atoms with Crippen LogP contribution in [0.5, 0.6) is 0 Å². The van der Waals surface area contributed by atoms with Gasteiger partial charge >= 0.3 is 0 Å². The predicted octanol–water partition coefficient (Wildman–Crippen LogP) is 11.0. The largest absolute Gasteiger partial charge is 0.464 e. The molecule has 0 radical (unpaired) electrons. The average Bonchev–Trinajstić information content (AvgIpc) is 3.94. The molecule has 0 saturated carbocycles. The Kier molecular flexibility index (Phi) is 10.6. The van der Waals surface area contributed by atoms with Crippen LogP contribution in [0.4, 0.5) is 17.3 Å².